The van der Waals surface area contributed by atoms with Gasteiger partial charge in [0.25, 0.3) is 0 Å². The lowest BCUT2D eigenvalue weighted by molar-refractivity contribution is 0.00658. The molecule has 1 aliphatic rings. The van der Waals surface area contributed by atoms with E-state index in [-0.39, 0.29) is 12.4 Å². The molecule has 1 heterocycles. The highest BCUT2D eigenvalue weighted by Gasteiger charge is 2.29. The van der Waals surface area contributed by atoms with Gasteiger partial charge in [0.05, 0.1) is 13.3 Å². The third-order valence-electron chi connectivity index (χ3n) is 5.97. The molecule has 2 atom stereocenters. The van der Waals surface area contributed by atoms with Crippen molar-refractivity contribution in [3.8, 4) is 0 Å². The Morgan fingerprint density at radius 2 is 1.57 bits per heavy atom. The summed E-state index contributed by atoms with van der Waals surface area (Å²) in [6.45, 7) is 6.04. The van der Waals surface area contributed by atoms with Gasteiger partial charge in [0.2, 0.25) is 0 Å². The van der Waals surface area contributed by atoms with Crippen molar-refractivity contribution >= 4 is 58.8 Å². The van der Waals surface area contributed by atoms with E-state index in [9.17, 15) is 0 Å². The minimum atomic E-state index is -0.437. The van der Waals surface area contributed by atoms with Crippen LogP contribution in [0.5, 0.6) is 0 Å². The van der Waals surface area contributed by atoms with E-state index >= 15 is 0 Å². The number of aryl methyl sites for hydroxylation is 2. The Balaban J connectivity index is 0.00000342. The van der Waals surface area contributed by atoms with Crippen molar-refractivity contribution < 1.29 is 4.74 Å². The highest BCUT2D eigenvalue weighted by molar-refractivity contribution is 6.35. The Hall–Kier alpha value is -1.59. The van der Waals surface area contributed by atoms with Crippen LogP contribution in [0.1, 0.15) is 33.9 Å². The van der Waals surface area contributed by atoms with E-state index in [4.69, 9.17) is 51.1 Å². The molecule has 0 aromatic heterocycles. The van der Waals surface area contributed by atoms with E-state index < -0.39 is 11.6 Å². The number of alkyl halides is 1. The van der Waals surface area contributed by atoms with Gasteiger partial charge in [0.1, 0.15) is 11.6 Å². The van der Waals surface area contributed by atoms with E-state index in [1.807, 2.05) is 36.5 Å². The lowest BCUT2D eigenvalue weighted by Crippen LogP contribution is -2.35. The fourth-order valence-electron chi connectivity index (χ4n) is 3.86. The summed E-state index contributed by atoms with van der Waals surface area (Å²) in [7, 11) is 0. The molecule has 4 rings (SSSR count). The predicted molar refractivity (Wildman–Crippen MR) is 150 cm³/mol. The van der Waals surface area contributed by atoms with Gasteiger partial charge in [-0.15, -0.1) is 12.4 Å². The summed E-state index contributed by atoms with van der Waals surface area (Å²) in [6.07, 6.45) is 3.68. The third-order valence-corrected chi connectivity index (χ3v) is 7.29. The van der Waals surface area contributed by atoms with E-state index in [0.29, 0.717) is 28.3 Å². The molecule has 3 aromatic rings. The zero-order chi connectivity index (χ0) is 24.2. The molecular formula is C27H27Cl5N2O. The molecule has 0 fully saturated rings. The first-order valence-electron chi connectivity index (χ1n) is 11.0. The van der Waals surface area contributed by atoms with Crippen molar-refractivity contribution in [3.63, 3.8) is 0 Å². The number of hydrogen-bond donors (Lipinski definition) is 0. The number of rotatable bonds is 8. The van der Waals surface area contributed by atoms with E-state index in [1.165, 1.54) is 16.7 Å². The summed E-state index contributed by atoms with van der Waals surface area (Å²) >= 11 is 25.5. The molecular weight excluding hydrogens is 546 g/mol. The van der Waals surface area contributed by atoms with Crippen LogP contribution in [0.15, 0.2) is 73.1 Å². The highest BCUT2D eigenvalue weighted by Crippen LogP contribution is 2.33. The van der Waals surface area contributed by atoms with Gasteiger partial charge in [0, 0.05) is 34.0 Å². The third kappa shape index (κ3) is 7.22. The molecule has 3 nitrogen and oxygen atoms in total. The van der Waals surface area contributed by atoms with Crippen LogP contribution in [0.4, 0.5) is 0 Å². The summed E-state index contributed by atoms with van der Waals surface area (Å²) in [5.74, 6) is 0. The quantitative estimate of drug-likeness (QED) is 0.198. The second-order valence-electron chi connectivity index (χ2n) is 8.51. The summed E-state index contributed by atoms with van der Waals surface area (Å²) in [5, 5.41) is 1.81. The molecule has 8 heteroatoms. The number of ether oxygens (including phenoxy) is 1. The highest BCUT2D eigenvalue weighted by atomic mass is 35.5. The van der Waals surface area contributed by atoms with Gasteiger partial charge < -0.3 is 14.5 Å². The summed E-state index contributed by atoms with van der Waals surface area (Å²) in [4.78, 5) is 4.31. The standard InChI is InChI=1S/C27H26Cl4N2O.ClH/c1-18-3-4-20(13-19(18)2)15-32-11-12-33(17-32)27(31)26(21-5-8-23(28)9-6-21)34-16-22-7-10-24(29)14-25(22)30;/h3-14,26-27H,15-17H2,1-2H3;1H. The minimum absolute atomic E-state index is 0. The maximum Gasteiger partial charge on any atom is 0.135 e. The van der Waals surface area contributed by atoms with Gasteiger partial charge in [-0.1, -0.05) is 82.8 Å². The van der Waals surface area contributed by atoms with E-state index in [2.05, 4.69) is 48.0 Å². The van der Waals surface area contributed by atoms with Crippen LogP contribution in [0, 0.1) is 13.8 Å². The smallest absolute Gasteiger partial charge is 0.135 e. The molecule has 0 saturated heterocycles. The van der Waals surface area contributed by atoms with Gasteiger partial charge in [0.15, 0.2) is 0 Å². The van der Waals surface area contributed by atoms with Crippen LogP contribution in [-0.2, 0) is 17.9 Å². The van der Waals surface area contributed by atoms with Crippen LogP contribution in [0.25, 0.3) is 0 Å². The number of hydrogen-bond acceptors (Lipinski definition) is 3. The van der Waals surface area contributed by atoms with Gasteiger partial charge in [-0.2, -0.15) is 0 Å². The van der Waals surface area contributed by atoms with Crippen LogP contribution in [0.2, 0.25) is 15.1 Å². The zero-order valence-electron chi connectivity index (χ0n) is 19.4. The molecule has 3 aromatic carbocycles. The van der Waals surface area contributed by atoms with Crippen LogP contribution >= 0.6 is 58.8 Å². The molecule has 0 amide bonds. The van der Waals surface area contributed by atoms with Crippen molar-refractivity contribution in [2.24, 2.45) is 0 Å². The number of nitrogens with zero attached hydrogens (tertiary/aromatic N) is 2. The van der Waals surface area contributed by atoms with E-state index in [0.717, 1.165) is 17.7 Å². The average molecular weight is 573 g/mol. The Morgan fingerprint density at radius 3 is 2.26 bits per heavy atom. The minimum Gasteiger partial charge on any atom is -0.365 e. The second kappa shape index (κ2) is 12.6. The van der Waals surface area contributed by atoms with Crippen LogP contribution in [0.3, 0.4) is 0 Å². The Bertz CT molecular complexity index is 1170. The van der Waals surface area contributed by atoms with Gasteiger partial charge in [-0.3, -0.25) is 0 Å². The molecule has 0 saturated carbocycles. The Morgan fingerprint density at radius 1 is 0.857 bits per heavy atom. The molecule has 0 aliphatic carbocycles. The first-order chi connectivity index (χ1) is 16.3. The molecule has 0 bridgehead atoms. The normalized spacial score (nSPS) is 14.7. The first-order valence-corrected chi connectivity index (χ1v) is 12.6. The number of halogens is 5. The second-order valence-corrected chi connectivity index (χ2v) is 10.2. The maximum atomic E-state index is 7.01. The monoisotopic (exact) mass is 570 g/mol. The summed E-state index contributed by atoms with van der Waals surface area (Å²) < 4.78 is 6.33. The van der Waals surface area contributed by atoms with Crippen molar-refractivity contribution in [1.29, 1.82) is 0 Å². The van der Waals surface area contributed by atoms with Gasteiger partial charge in [-0.25, -0.2) is 0 Å². The summed E-state index contributed by atoms with van der Waals surface area (Å²) in [5.41, 5.74) is 5.21. The van der Waals surface area contributed by atoms with Gasteiger partial charge >= 0.3 is 0 Å². The molecule has 2 unspecified atom stereocenters. The maximum absolute atomic E-state index is 7.01. The van der Waals surface area contributed by atoms with E-state index in [1.54, 1.807) is 12.1 Å². The van der Waals surface area contributed by atoms with Gasteiger partial charge in [-0.05, 0) is 65.9 Å². The lowest BCUT2D eigenvalue weighted by atomic mass is 10.1. The molecule has 35 heavy (non-hydrogen) atoms. The largest absolute Gasteiger partial charge is 0.365 e. The van der Waals surface area contributed by atoms with Crippen LogP contribution in [-0.4, -0.2) is 22.0 Å². The fourth-order valence-corrected chi connectivity index (χ4v) is 4.80. The zero-order valence-corrected chi connectivity index (χ0v) is 23.3. The molecule has 1 aliphatic heterocycles. The molecule has 0 spiro atoms. The SMILES string of the molecule is Cc1ccc(CN2C=CN(C(Cl)C(OCc3ccc(Cl)cc3Cl)c3ccc(Cl)cc3)C2)cc1C.Cl. The first kappa shape index (κ1) is 28.0. The molecule has 0 radical (unpaired) electrons. The lowest BCUT2D eigenvalue weighted by Gasteiger charge is -2.32. The predicted octanol–water partition coefficient (Wildman–Crippen LogP) is 8.75. The van der Waals surface area contributed by atoms with Crippen LogP contribution < -0.4 is 0 Å². The summed E-state index contributed by atoms with van der Waals surface area (Å²) in [6, 6.07) is 19.5. The number of benzene rings is 3. The van der Waals surface area contributed by atoms with Crippen molar-refractivity contribution in [2.75, 3.05) is 6.67 Å². The molecule has 186 valence electrons. The van der Waals surface area contributed by atoms with Crippen molar-refractivity contribution in [2.45, 2.75) is 38.6 Å². The average Bonchev–Trinajstić information content (AvgIpc) is 3.27. The topological polar surface area (TPSA) is 15.7 Å². The Labute approximate surface area is 233 Å². The Kier molecular flexibility index (Phi) is 10.1. The molecule has 0 N–H and O–H groups in total. The fraction of sp³-hybridized carbons (Fsp3) is 0.259. The van der Waals surface area contributed by atoms with Crippen molar-refractivity contribution in [1.82, 2.24) is 9.80 Å². The van der Waals surface area contributed by atoms with Crippen molar-refractivity contribution in [3.05, 3.63) is 116 Å².